The SMILES string of the molecule is Cc1cc2c(cc1C)C(=O)N(CCCN(C)C(C)c1cccc3ccccc13)CC2. The summed E-state index contributed by atoms with van der Waals surface area (Å²) in [7, 11) is 2.19. The van der Waals surface area contributed by atoms with Crippen LogP contribution in [0.5, 0.6) is 0 Å². The molecule has 0 aliphatic carbocycles. The van der Waals surface area contributed by atoms with Gasteiger partial charge < -0.3 is 4.90 Å². The summed E-state index contributed by atoms with van der Waals surface area (Å²) in [6.45, 7) is 9.10. The van der Waals surface area contributed by atoms with E-state index in [4.69, 9.17) is 0 Å². The van der Waals surface area contributed by atoms with Crippen LogP contribution in [0, 0.1) is 13.8 Å². The van der Waals surface area contributed by atoms with Gasteiger partial charge in [-0.15, -0.1) is 0 Å². The van der Waals surface area contributed by atoms with Crippen molar-refractivity contribution in [2.24, 2.45) is 0 Å². The summed E-state index contributed by atoms with van der Waals surface area (Å²) < 4.78 is 0. The molecule has 0 fully saturated rings. The van der Waals surface area contributed by atoms with Crippen LogP contribution in [0.15, 0.2) is 54.6 Å². The Balaban J connectivity index is 1.38. The first-order valence-electron chi connectivity index (χ1n) is 11.0. The molecule has 4 rings (SSSR count). The molecular weight excluding hydrogens is 368 g/mol. The Bertz CT molecular complexity index is 1070. The Morgan fingerprint density at radius 1 is 1.03 bits per heavy atom. The summed E-state index contributed by atoms with van der Waals surface area (Å²) in [6.07, 6.45) is 1.95. The molecule has 1 heterocycles. The monoisotopic (exact) mass is 400 g/mol. The molecule has 0 spiro atoms. The number of amides is 1. The van der Waals surface area contributed by atoms with Crippen molar-refractivity contribution in [1.29, 1.82) is 0 Å². The van der Waals surface area contributed by atoms with Crippen molar-refractivity contribution in [2.75, 3.05) is 26.7 Å². The van der Waals surface area contributed by atoms with Crippen molar-refractivity contribution < 1.29 is 4.79 Å². The van der Waals surface area contributed by atoms with Gasteiger partial charge in [0.15, 0.2) is 0 Å². The van der Waals surface area contributed by atoms with Gasteiger partial charge in [-0.1, -0.05) is 48.5 Å². The Hall–Kier alpha value is -2.65. The molecule has 1 aliphatic heterocycles. The largest absolute Gasteiger partial charge is 0.338 e. The second-order valence-corrected chi connectivity index (χ2v) is 8.71. The number of nitrogens with zero attached hydrogens (tertiary/aromatic N) is 2. The summed E-state index contributed by atoms with van der Waals surface area (Å²) in [5.41, 5.74) is 5.96. The number of hydrogen-bond acceptors (Lipinski definition) is 2. The van der Waals surface area contributed by atoms with Gasteiger partial charge in [-0.3, -0.25) is 9.69 Å². The normalized spacial score (nSPS) is 15.0. The second kappa shape index (κ2) is 8.61. The van der Waals surface area contributed by atoms with Gasteiger partial charge in [0.05, 0.1) is 0 Å². The summed E-state index contributed by atoms with van der Waals surface area (Å²) in [6, 6.07) is 19.8. The maximum Gasteiger partial charge on any atom is 0.254 e. The number of rotatable bonds is 6. The summed E-state index contributed by atoms with van der Waals surface area (Å²) in [5, 5.41) is 2.62. The van der Waals surface area contributed by atoms with Crippen molar-refractivity contribution in [2.45, 2.75) is 39.7 Å². The average Bonchev–Trinajstić information content (AvgIpc) is 2.76. The first kappa shape index (κ1) is 20.6. The highest BCUT2D eigenvalue weighted by Crippen LogP contribution is 2.28. The van der Waals surface area contributed by atoms with Gasteiger partial charge in [0.1, 0.15) is 0 Å². The zero-order valence-corrected chi connectivity index (χ0v) is 18.6. The van der Waals surface area contributed by atoms with Crippen molar-refractivity contribution in [3.05, 3.63) is 82.4 Å². The van der Waals surface area contributed by atoms with E-state index in [-0.39, 0.29) is 5.91 Å². The van der Waals surface area contributed by atoms with E-state index < -0.39 is 0 Å². The lowest BCUT2D eigenvalue weighted by atomic mass is 9.94. The first-order valence-corrected chi connectivity index (χ1v) is 11.0. The average molecular weight is 401 g/mol. The molecule has 1 atom stereocenters. The fourth-order valence-corrected chi connectivity index (χ4v) is 4.58. The van der Waals surface area contributed by atoms with E-state index in [9.17, 15) is 4.79 Å². The van der Waals surface area contributed by atoms with Crippen LogP contribution in [0.2, 0.25) is 0 Å². The lowest BCUT2D eigenvalue weighted by Crippen LogP contribution is -2.39. The van der Waals surface area contributed by atoms with Crippen LogP contribution < -0.4 is 0 Å². The highest BCUT2D eigenvalue weighted by molar-refractivity contribution is 5.97. The molecule has 1 unspecified atom stereocenters. The molecule has 1 amide bonds. The van der Waals surface area contributed by atoms with Crippen molar-refractivity contribution >= 4 is 16.7 Å². The molecule has 156 valence electrons. The Morgan fingerprint density at radius 2 is 1.77 bits per heavy atom. The molecule has 0 radical (unpaired) electrons. The molecule has 0 saturated carbocycles. The molecule has 3 nitrogen and oxygen atoms in total. The van der Waals surface area contributed by atoms with E-state index in [1.54, 1.807) is 0 Å². The fourth-order valence-electron chi connectivity index (χ4n) is 4.58. The zero-order chi connectivity index (χ0) is 21.3. The predicted octanol–water partition coefficient (Wildman–Crippen LogP) is 5.54. The van der Waals surface area contributed by atoms with Gasteiger partial charge in [-0.25, -0.2) is 0 Å². The topological polar surface area (TPSA) is 23.6 Å². The predicted molar refractivity (Wildman–Crippen MR) is 125 cm³/mol. The van der Waals surface area contributed by atoms with Crippen LogP contribution in [-0.2, 0) is 6.42 Å². The first-order chi connectivity index (χ1) is 14.5. The van der Waals surface area contributed by atoms with Gasteiger partial charge in [0.25, 0.3) is 5.91 Å². The van der Waals surface area contributed by atoms with Gasteiger partial charge in [0.2, 0.25) is 0 Å². The van der Waals surface area contributed by atoms with Crippen molar-refractivity contribution in [3.8, 4) is 0 Å². The van der Waals surface area contributed by atoms with Crippen molar-refractivity contribution in [1.82, 2.24) is 9.80 Å². The maximum atomic E-state index is 13.0. The number of carbonyl (C=O) groups excluding carboxylic acids is 1. The van der Waals surface area contributed by atoms with E-state index in [2.05, 4.69) is 87.3 Å². The highest BCUT2D eigenvalue weighted by atomic mass is 16.2. The molecular formula is C27H32N2O. The summed E-state index contributed by atoms with van der Waals surface area (Å²) in [4.78, 5) is 17.4. The second-order valence-electron chi connectivity index (χ2n) is 8.71. The summed E-state index contributed by atoms with van der Waals surface area (Å²) in [5.74, 6) is 0.198. The minimum absolute atomic E-state index is 0.198. The van der Waals surface area contributed by atoms with E-state index in [1.807, 2.05) is 4.90 Å². The summed E-state index contributed by atoms with van der Waals surface area (Å²) >= 11 is 0. The van der Waals surface area contributed by atoms with E-state index in [0.717, 1.165) is 38.0 Å². The third kappa shape index (κ3) is 3.99. The third-order valence-electron chi connectivity index (χ3n) is 6.76. The zero-order valence-electron chi connectivity index (χ0n) is 18.6. The Labute approximate surface area is 180 Å². The quantitative estimate of drug-likeness (QED) is 0.542. The Kier molecular flexibility index (Phi) is 5.92. The van der Waals surface area contributed by atoms with E-state index in [0.29, 0.717) is 6.04 Å². The van der Waals surface area contributed by atoms with Gasteiger partial charge in [-0.05, 0) is 79.8 Å². The minimum atomic E-state index is 0.198. The molecule has 3 aromatic carbocycles. The smallest absolute Gasteiger partial charge is 0.254 e. The number of aryl methyl sites for hydroxylation is 2. The fraction of sp³-hybridized carbons (Fsp3) is 0.370. The lowest BCUT2D eigenvalue weighted by Gasteiger charge is -2.31. The van der Waals surface area contributed by atoms with Crippen LogP contribution in [0.4, 0.5) is 0 Å². The molecule has 3 aromatic rings. The maximum absolute atomic E-state index is 13.0. The van der Waals surface area contributed by atoms with E-state index >= 15 is 0 Å². The minimum Gasteiger partial charge on any atom is -0.338 e. The van der Waals surface area contributed by atoms with Gasteiger partial charge in [0, 0.05) is 31.2 Å². The molecule has 0 N–H and O–H groups in total. The number of benzene rings is 3. The molecule has 0 bridgehead atoms. The van der Waals surface area contributed by atoms with Gasteiger partial charge >= 0.3 is 0 Å². The van der Waals surface area contributed by atoms with Crippen LogP contribution in [0.25, 0.3) is 10.8 Å². The number of carbonyl (C=O) groups is 1. The number of fused-ring (bicyclic) bond motifs is 2. The molecule has 0 saturated heterocycles. The van der Waals surface area contributed by atoms with Crippen LogP contribution in [-0.4, -0.2) is 42.4 Å². The third-order valence-corrected chi connectivity index (χ3v) is 6.76. The van der Waals surface area contributed by atoms with Crippen LogP contribution in [0.1, 0.15) is 52.0 Å². The van der Waals surface area contributed by atoms with Gasteiger partial charge in [-0.2, -0.15) is 0 Å². The Morgan fingerprint density at radius 3 is 2.60 bits per heavy atom. The lowest BCUT2D eigenvalue weighted by molar-refractivity contribution is 0.0731. The number of hydrogen-bond donors (Lipinski definition) is 0. The van der Waals surface area contributed by atoms with Crippen LogP contribution >= 0.6 is 0 Å². The molecule has 1 aliphatic rings. The highest BCUT2D eigenvalue weighted by Gasteiger charge is 2.24. The molecule has 30 heavy (non-hydrogen) atoms. The molecule has 3 heteroatoms. The van der Waals surface area contributed by atoms with E-state index in [1.165, 1.54) is 33.0 Å². The molecule has 0 aromatic heterocycles. The standard InChI is InChI=1S/C27H32N2O/c1-19-17-23-13-16-29(27(30)26(23)18-20(19)2)15-8-14-28(4)21(3)24-12-7-10-22-9-5-6-11-25(22)24/h5-7,9-12,17-18,21H,8,13-16H2,1-4H3. The van der Waals surface area contributed by atoms with Crippen molar-refractivity contribution in [3.63, 3.8) is 0 Å². The van der Waals surface area contributed by atoms with Crippen LogP contribution in [0.3, 0.4) is 0 Å².